The number of ether oxygens (including phenoxy) is 1. The van der Waals surface area contributed by atoms with Gasteiger partial charge in [-0.15, -0.1) is 0 Å². The average Bonchev–Trinajstić information content (AvgIpc) is 2.93. The van der Waals surface area contributed by atoms with Crippen LogP contribution in [0.1, 0.15) is 53.0 Å². The Morgan fingerprint density at radius 1 is 1.15 bits per heavy atom. The van der Waals surface area contributed by atoms with Crippen molar-refractivity contribution < 1.29 is 23.3 Å². The molecule has 4 aromatic rings. The highest BCUT2D eigenvalue weighted by Crippen LogP contribution is 2.30. The number of nitrogens with zero attached hydrogens (tertiary/aromatic N) is 4. The van der Waals surface area contributed by atoms with Crippen molar-refractivity contribution in [2.45, 2.75) is 32.8 Å². The minimum atomic E-state index is -0.584. The zero-order valence-electron chi connectivity index (χ0n) is 22.5. The third-order valence-corrected chi connectivity index (χ3v) is 6.20. The van der Waals surface area contributed by atoms with E-state index in [1.165, 1.54) is 30.6 Å². The fraction of sp³-hybridized carbons (Fsp3) is 0.241. The molecule has 40 heavy (non-hydrogen) atoms. The van der Waals surface area contributed by atoms with Crippen molar-refractivity contribution in [2.24, 2.45) is 7.05 Å². The molecule has 1 unspecified atom stereocenters. The standard InChI is InChI=1S/C29H28ClFN6O3/c1-17(2)22-15-33-26(21-12-20(30)7-8-24(21)31)36-27(22)35-25-9-10-32-14-23(25)28(38)34-13-18(3)40-29(39)19-6-5-11-37(4)16-19/h5-12,14-18H,13H2,1-4H3,(H-,32,33,34,35,36,38)/p+1. The molecule has 3 heterocycles. The van der Waals surface area contributed by atoms with Gasteiger partial charge in [0.1, 0.15) is 30.4 Å². The molecule has 1 amide bonds. The number of amides is 1. The van der Waals surface area contributed by atoms with E-state index < -0.39 is 23.8 Å². The second-order valence-corrected chi connectivity index (χ2v) is 9.94. The van der Waals surface area contributed by atoms with Crippen molar-refractivity contribution in [3.05, 3.63) is 94.9 Å². The molecule has 206 valence electrons. The van der Waals surface area contributed by atoms with E-state index in [9.17, 15) is 14.0 Å². The van der Waals surface area contributed by atoms with E-state index >= 15 is 0 Å². The molecule has 1 atom stereocenters. The molecular formula is C29H29ClFN6O3+. The maximum atomic E-state index is 14.5. The van der Waals surface area contributed by atoms with Crippen LogP contribution in [0.25, 0.3) is 11.4 Å². The number of pyridine rings is 2. The Morgan fingerprint density at radius 3 is 2.70 bits per heavy atom. The van der Waals surface area contributed by atoms with Gasteiger partial charge in [-0.05, 0) is 43.2 Å². The maximum Gasteiger partial charge on any atom is 0.344 e. The molecule has 0 bridgehead atoms. The van der Waals surface area contributed by atoms with Crippen LogP contribution in [0.15, 0.2) is 67.4 Å². The smallest absolute Gasteiger partial charge is 0.344 e. The fourth-order valence-corrected chi connectivity index (χ4v) is 4.03. The number of esters is 1. The van der Waals surface area contributed by atoms with Crippen molar-refractivity contribution in [3.63, 3.8) is 0 Å². The SMILES string of the molecule is CC(CNC(=O)c1cnccc1Nc1nc(-c2cc(Cl)ccc2F)ncc1C(C)C)OC(=O)c1ccc[n+](C)c1. The van der Waals surface area contributed by atoms with Gasteiger partial charge in [0.05, 0.1) is 23.4 Å². The zero-order valence-corrected chi connectivity index (χ0v) is 23.2. The van der Waals surface area contributed by atoms with E-state index in [1.54, 1.807) is 42.1 Å². The second-order valence-electron chi connectivity index (χ2n) is 9.51. The molecule has 0 aliphatic rings. The molecule has 0 aliphatic heterocycles. The number of nitrogens with one attached hydrogen (secondary N) is 2. The molecule has 11 heteroatoms. The fourth-order valence-electron chi connectivity index (χ4n) is 3.86. The van der Waals surface area contributed by atoms with Crippen molar-refractivity contribution in [1.29, 1.82) is 0 Å². The Balaban J connectivity index is 1.51. The van der Waals surface area contributed by atoms with E-state index in [0.29, 0.717) is 22.1 Å². The summed E-state index contributed by atoms with van der Waals surface area (Å²) in [6, 6.07) is 9.21. The van der Waals surface area contributed by atoms with Crippen LogP contribution >= 0.6 is 11.6 Å². The molecule has 0 saturated heterocycles. The van der Waals surface area contributed by atoms with E-state index in [0.717, 1.165) is 5.56 Å². The van der Waals surface area contributed by atoms with Crippen LogP contribution in [0.2, 0.25) is 5.02 Å². The molecule has 0 spiro atoms. The Bertz CT molecular complexity index is 1550. The Morgan fingerprint density at radius 2 is 1.95 bits per heavy atom. The zero-order chi connectivity index (χ0) is 28.8. The minimum Gasteiger partial charge on any atom is -0.457 e. The van der Waals surface area contributed by atoms with Crippen molar-refractivity contribution in [1.82, 2.24) is 20.3 Å². The summed E-state index contributed by atoms with van der Waals surface area (Å²) in [4.78, 5) is 38.6. The summed E-state index contributed by atoms with van der Waals surface area (Å²) in [6.45, 7) is 5.72. The lowest BCUT2D eigenvalue weighted by Gasteiger charge is -2.17. The lowest BCUT2D eigenvalue weighted by atomic mass is 10.1. The Hall–Kier alpha value is -4.44. The van der Waals surface area contributed by atoms with Crippen LogP contribution in [-0.4, -0.2) is 39.5 Å². The number of carbonyl (C=O) groups excluding carboxylic acids is 2. The average molecular weight is 564 g/mol. The first kappa shape index (κ1) is 28.6. The maximum absolute atomic E-state index is 14.5. The van der Waals surface area contributed by atoms with Crippen LogP contribution in [0.5, 0.6) is 0 Å². The van der Waals surface area contributed by atoms with Gasteiger partial charge in [0.15, 0.2) is 18.2 Å². The lowest BCUT2D eigenvalue weighted by Crippen LogP contribution is -2.34. The molecule has 9 nitrogen and oxygen atoms in total. The molecule has 0 fully saturated rings. The summed E-state index contributed by atoms with van der Waals surface area (Å²) in [5, 5.41) is 6.34. The summed E-state index contributed by atoms with van der Waals surface area (Å²) in [5.41, 5.74) is 2.02. The highest BCUT2D eigenvalue weighted by Gasteiger charge is 2.20. The van der Waals surface area contributed by atoms with Gasteiger partial charge in [-0.2, -0.15) is 0 Å². The van der Waals surface area contributed by atoms with E-state index in [-0.39, 0.29) is 29.4 Å². The first-order chi connectivity index (χ1) is 19.1. The number of anilines is 2. The minimum absolute atomic E-state index is 0.0298. The highest BCUT2D eigenvalue weighted by atomic mass is 35.5. The summed E-state index contributed by atoms with van der Waals surface area (Å²) < 4.78 is 21.7. The molecular weight excluding hydrogens is 535 g/mol. The van der Waals surface area contributed by atoms with Crippen LogP contribution in [0.3, 0.4) is 0 Å². The monoisotopic (exact) mass is 563 g/mol. The topological polar surface area (TPSA) is 110 Å². The number of halogens is 2. The quantitative estimate of drug-likeness (QED) is 0.218. The predicted molar refractivity (Wildman–Crippen MR) is 149 cm³/mol. The molecule has 0 saturated carbocycles. The molecule has 3 aromatic heterocycles. The number of carbonyl (C=O) groups is 2. The first-order valence-corrected chi connectivity index (χ1v) is 13.0. The summed E-state index contributed by atoms with van der Waals surface area (Å²) in [7, 11) is 1.81. The molecule has 0 aliphatic carbocycles. The van der Waals surface area contributed by atoms with Gasteiger partial charge in [0.25, 0.3) is 5.91 Å². The first-order valence-electron chi connectivity index (χ1n) is 12.6. The molecule has 1 aromatic carbocycles. The lowest BCUT2D eigenvalue weighted by molar-refractivity contribution is -0.671. The number of hydrogen-bond donors (Lipinski definition) is 2. The van der Waals surface area contributed by atoms with Crippen LogP contribution in [0, 0.1) is 5.82 Å². The number of hydrogen-bond acceptors (Lipinski definition) is 7. The van der Waals surface area contributed by atoms with Crippen molar-refractivity contribution in [3.8, 4) is 11.4 Å². The predicted octanol–water partition coefficient (Wildman–Crippen LogP) is 5.00. The normalized spacial score (nSPS) is 11.7. The van der Waals surface area contributed by atoms with Gasteiger partial charge in [-0.25, -0.2) is 23.7 Å². The number of rotatable bonds is 9. The van der Waals surface area contributed by atoms with Gasteiger partial charge in [-0.1, -0.05) is 25.4 Å². The number of aromatic nitrogens is 4. The van der Waals surface area contributed by atoms with E-state index in [2.05, 4.69) is 25.6 Å². The van der Waals surface area contributed by atoms with Crippen molar-refractivity contribution in [2.75, 3.05) is 11.9 Å². The van der Waals surface area contributed by atoms with E-state index in [1.807, 2.05) is 27.1 Å². The van der Waals surface area contributed by atoms with Gasteiger partial charge in [0.2, 0.25) is 0 Å². The highest BCUT2D eigenvalue weighted by molar-refractivity contribution is 6.30. The summed E-state index contributed by atoms with van der Waals surface area (Å²) >= 11 is 6.07. The molecule has 2 N–H and O–H groups in total. The Labute approximate surface area is 236 Å². The second kappa shape index (κ2) is 12.6. The van der Waals surface area contributed by atoms with Gasteiger partial charge >= 0.3 is 5.97 Å². The van der Waals surface area contributed by atoms with Crippen LogP contribution < -0.4 is 15.2 Å². The van der Waals surface area contributed by atoms with Crippen molar-refractivity contribution >= 4 is 35.0 Å². The van der Waals surface area contributed by atoms with Crippen LogP contribution in [-0.2, 0) is 11.8 Å². The Kier molecular flexibility index (Phi) is 9.00. The van der Waals surface area contributed by atoms with Gasteiger partial charge in [0, 0.05) is 35.2 Å². The third-order valence-electron chi connectivity index (χ3n) is 5.96. The third kappa shape index (κ3) is 6.95. The van der Waals surface area contributed by atoms with E-state index in [4.69, 9.17) is 16.3 Å². The number of benzene rings is 1. The van der Waals surface area contributed by atoms with Gasteiger partial charge in [-0.3, -0.25) is 9.78 Å². The summed E-state index contributed by atoms with van der Waals surface area (Å²) in [5.74, 6) is -0.827. The molecule has 4 rings (SSSR count). The van der Waals surface area contributed by atoms with Crippen LogP contribution in [0.4, 0.5) is 15.9 Å². The largest absolute Gasteiger partial charge is 0.457 e. The number of aryl methyl sites for hydroxylation is 1. The molecule has 0 radical (unpaired) electrons. The summed E-state index contributed by atoms with van der Waals surface area (Å²) in [6.07, 6.45) is 7.47. The van der Waals surface area contributed by atoms with Gasteiger partial charge < -0.3 is 15.4 Å².